The number of hydrogen-bond acceptors (Lipinski definition) is 5. The van der Waals surface area contributed by atoms with E-state index in [1.54, 1.807) is 6.20 Å². The molecule has 1 aliphatic heterocycles. The Balaban J connectivity index is 2.11. The smallest absolute Gasteiger partial charge is 0.269 e. The molecule has 0 aliphatic carbocycles. The molecule has 7 heteroatoms. The first-order valence-corrected chi connectivity index (χ1v) is 4.91. The Morgan fingerprint density at radius 3 is 3.00 bits per heavy atom. The molecule has 1 aromatic heterocycles. The van der Waals surface area contributed by atoms with E-state index in [2.05, 4.69) is 5.10 Å². The number of aromatic nitrogens is 2. The van der Waals surface area contributed by atoms with Gasteiger partial charge in [-0.2, -0.15) is 5.10 Å². The molecule has 88 valence electrons. The number of carbonyl (C=O) groups is 1. The standard InChI is InChI=1S/C9H13N3O4/c10-9(15)5-1-2-12(11-5)8-3-6(14)7(4-13)16-8/h1-2,6-8,13-14H,3-4H2,(H2,10,15)/t6-,7+,8+/m0/s1. The maximum absolute atomic E-state index is 10.8. The molecule has 0 bridgehead atoms. The highest BCUT2D eigenvalue weighted by Gasteiger charge is 2.34. The summed E-state index contributed by atoms with van der Waals surface area (Å²) < 4.78 is 6.77. The summed E-state index contributed by atoms with van der Waals surface area (Å²) >= 11 is 0. The molecular weight excluding hydrogens is 214 g/mol. The quantitative estimate of drug-likeness (QED) is 0.589. The van der Waals surface area contributed by atoms with Crippen LogP contribution >= 0.6 is 0 Å². The predicted molar refractivity (Wildman–Crippen MR) is 52.4 cm³/mol. The lowest BCUT2D eigenvalue weighted by Crippen LogP contribution is -2.24. The Labute approximate surface area is 91.4 Å². The Bertz CT molecular complexity index is 392. The average molecular weight is 227 g/mol. The van der Waals surface area contributed by atoms with Gasteiger partial charge in [-0.15, -0.1) is 0 Å². The van der Waals surface area contributed by atoms with Crippen LogP contribution in [0.2, 0.25) is 0 Å². The van der Waals surface area contributed by atoms with E-state index in [-0.39, 0.29) is 12.3 Å². The summed E-state index contributed by atoms with van der Waals surface area (Å²) in [6.07, 6.45) is 0.0743. The Hall–Kier alpha value is -1.44. The van der Waals surface area contributed by atoms with Crippen LogP contribution in [0, 0.1) is 0 Å². The molecule has 3 atom stereocenters. The zero-order valence-electron chi connectivity index (χ0n) is 8.48. The van der Waals surface area contributed by atoms with E-state index in [0.29, 0.717) is 6.42 Å². The number of ether oxygens (including phenoxy) is 1. The van der Waals surface area contributed by atoms with Gasteiger partial charge < -0.3 is 20.7 Å². The van der Waals surface area contributed by atoms with Crippen LogP contribution in [0.3, 0.4) is 0 Å². The third kappa shape index (κ3) is 1.92. The average Bonchev–Trinajstić information content (AvgIpc) is 2.83. The van der Waals surface area contributed by atoms with Crippen molar-refractivity contribution in [1.29, 1.82) is 0 Å². The maximum Gasteiger partial charge on any atom is 0.269 e. The molecule has 0 spiro atoms. The van der Waals surface area contributed by atoms with Gasteiger partial charge in [-0.3, -0.25) is 4.79 Å². The lowest BCUT2D eigenvalue weighted by atomic mass is 10.2. The van der Waals surface area contributed by atoms with Crippen LogP contribution < -0.4 is 5.73 Å². The fraction of sp³-hybridized carbons (Fsp3) is 0.556. The van der Waals surface area contributed by atoms with Crippen LogP contribution in [0.25, 0.3) is 0 Å². The second kappa shape index (κ2) is 4.20. The number of nitrogens with zero attached hydrogens (tertiary/aromatic N) is 2. The van der Waals surface area contributed by atoms with Crippen molar-refractivity contribution in [2.24, 2.45) is 5.73 Å². The number of carbonyl (C=O) groups excluding carboxylic acids is 1. The van der Waals surface area contributed by atoms with Crippen LogP contribution in [-0.4, -0.2) is 44.7 Å². The lowest BCUT2D eigenvalue weighted by molar-refractivity contribution is -0.0484. The molecule has 2 heterocycles. The van der Waals surface area contributed by atoms with Crippen molar-refractivity contribution < 1.29 is 19.7 Å². The highest BCUT2D eigenvalue weighted by Crippen LogP contribution is 2.27. The third-order valence-electron chi connectivity index (χ3n) is 2.54. The lowest BCUT2D eigenvalue weighted by Gasteiger charge is -2.11. The molecule has 0 saturated carbocycles. The van der Waals surface area contributed by atoms with E-state index in [1.807, 2.05) is 0 Å². The van der Waals surface area contributed by atoms with Gasteiger partial charge in [0.15, 0.2) is 6.23 Å². The molecule has 7 nitrogen and oxygen atoms in total. The first-order chi connectivity index (χ1) is 7.61. The first-order valence-electron chi connectivity index (χ1n) is 4.91. The van der Waals surface area contributed by atoms with Gasteiger partial charge in [0.1, 0.15) is 11.8 Å². The molecular formula is C9H13N3O4. The normalized spacial score (nSPS) is 29.5. The maximum atomic E-state index is 10.8. The van der Waals surface area contributed by atoms with Gasteiger partial charge >= 0.3 is 0 Å². The van der Waals surface area contributed by atoms with Gasteiger partial charge in [-0.25, -0.2) is 4.68 Å². The molecule has 0 radical (unpaired) electrons. The summed E-state index contributed by atoms with van der Waals surface area (Å²) in [6, 6.07) is 1.48. The van der Waals surface area contributed by atoms with E-state index in [4.69, 9.17) is 15.6 Å². The summed E-state index contributed by atoms with van der Waals surface area (Å²) in [6.45, 7) is -0.248. The Morgan fingerprint density at radius 2 is 2.50 bits per heavy atom. The summed E-state index contributed by atoms with van der Waals surface area (Å²) in [5.74, 6) is -0.615. The monoisotopic (exact) mass is 227 g/mol. The number of aliphatic hydroxyl groups excluding tert-OH is 2. The molecule has 1 aromatic rings. The van der Waals surface area contributed by atoms with Crippen LogP contribution in [-0.2, 0) is 4.74 Å². The largest absolute Gasteiger partial charge is 0.394 e. The summed E-state index contributed by atoms with van der Waals surface area (Å²) in [7, 11) is 0. The molecule has 4 N–H and O–H groups in total. The number of amides is 1. The minimum Gasteiger partial charge on any atom is -0.394 e. The van der Waals surface area contributed by atoms with Crippen LogP contribution in [0.5, 0.6) is 0 Å². The molecule has 1 amide bonds. The number of rotatable bonds is 3. The minimum absolute atomic E-state index is 0.144. The topological polar surface area (TPSA) is 111 Å². The molecule has 16 heavy (non-hydrogen) atoms. The first kappa shape index (κ1) is 11.1. The minimum atomic E-state index is -0.726. The second-order valence-corrected chi connectivity index (χ2v) is 3.66. The fourth-order valence-electron chi connectivity index (χ4n) is 1.67. The van der Waals surface area contributed by atoms with Crippen molar-refractivity contribution in [3.8, 4) is 0 Å². The number of primary amides is 1. The zero-order valence-corrected chi connectivity index (χ0v) is 8.48. The van der Waals surface area contributed by atoms with Crippen molar-refractivity contribution in [3.05, 3.63) is 18.0 Å². The van der Waals surface area contributed by atoms with Crippen LogP contribution in [0.1, 0.15) is 23.1 Å². The van der Waals surface area contributed by atoms with Gasteiger partial charge in [0.05, 0.1) is 12.7 Å². The van der Waals surface area contributed by atoms with Crippen molar-refractivity contribution >= 4 is 5.91 Å². The zero-order chi connectivity index (χ0) is 11.7. The molecule has 0 unspecified atom stereocenters. The third-order valence-corrected chi connectivity index (χ3v) is 2.54. The van der Waals surface area contributed by atoms with E-state index >= 15 is 0 Å². The number of nitrogens with two attached hydrogens (primary N) is 1. The molecule has 1 saturated heterocycles. The van der Waals surface area contributed by atoms with Gasteiger partial charge in [-0.05, 0) is 6.07 Å². The van der Waals surface area contributed by atoms with Crippen molar-refractivity contribution in [3.63, 3.8) is 0 Å². The van der Waals surface area contributed by atoms with E-state index in [1.165, 1.54) is 10.7 Å². The summed E-state index contributed by atoms with van der Waals surface area (Å²) in [4.78, 5) is 10.8. The number of hydrogen-bond donors (Lipinski definition) is 3. The highest BCUT2D eigenvalue weighted by molar-refractivity contribution is 5.90. The molecule has 1 fully saturated rings. The van der Waals surface area contributed by atoms with Crippen LogP contribution in [0.4, 0.5) is 0 Å². The van der Waals surface area contributed by atoms with Crippen molar-refractivity contribution in [2.75, 3.05) is 6.61 Å². The highest BCUT2D eigenvalue weighted by atomic mass is 16.5. The van der Waals surface area contributed by atoms with Gasteiger partial charge in [0.25, 0.3) is 5.91 Å². The summed E-state index contributed by atoms with van der Waals surface area (Å²) in [5, 5.41) is 22.3. The van der Waals surface area contributed by atoms with E-state index in [0.717, 1.165) is 0 Å². The van der Waals surface area contributed by atoms with Crippen molar-refractivity contribution in [2.45, 2.75) is 24.9 Å². The van der Waals surface area contributed by atoms with Gasteiger partial charge in [0, 0.05) is 12.6 Å². The summed E-state index contributed by atoms with van der Waals surface area (Å²) in [5.41, 5.74) is 5.21. The SMILES string of the molecule is NC(=O)c1ccn([C@H]2C[C@H](O)[C@@H](CO)O2)n1. The van der Waals surface area contributed by atoms with Gasteiger partial charge in [0.2, 0.25) is 0 Å². The number of aliphatic hydroxyl groups is 2. The van der Waals surface area contributed by atoms with E-state index < -0.39 is 24.3 Å². The molecule has 0 aromatic carbocycles. The second-order valence-electron chi connectivity index (χ2n) is 3.66. The Morgan fingerprint density at radius 1 is 1.75 bits per heavy atom. The predicted octanol–water partition coefficient (Wildman–Crippen LogP) is -1.38. The van der Waals surface area contributed by atoms with E-state index in [9.17, 15) is 9.90 Å². The fourth-order valence-corrected chi connectivity index (χ4v) is 1.67. The molecule has 2 rings (SSSR count). The van der Waals surface area contributed by atoms with Crippen molar-refractivity contribution in [1.82, 2.24) is 9.78 Å². The Kier molecular flexibility index (Phi) is 2.90. The van der Waals surface area contributed by atoms with Gasteiger partial charge in [-0.1, -0.05) is 0 Å². The van der Waals surface area contributed by atoms with Crippen LogP contribution in [0.15, 0.2) is 12.3 Å². The molecule has 1 aliphatic rings.